The van der Waals surface area contributed by atoms with Crippen LogP contribution in [0.15, 0.2) is 17.3 Å². The molecule has 0 unspecified atom stereocenters. The van der Waals surface area contributed by atoms with Gasteiger partial charge in [-0.25, -0.2) is 0 Å². The molecule has 0 aliphatic heterocycles. The third kappa shape index (κ3) is 3.19. The molecule has 0 spiro atoms. The van der Waals surface area contributed by atoms with Crippen LogP contribution < -0.4 is 11.1 Å². The molecule has 0 bridgehead atoms. The van der Waals surface area contributed by atoms with Crippen molar-refractivity contribution in [2.75, 3.05) is 13.6 Å². The van der Waals surface area contributed by atoms with Crippen LogP contribution in [0, 0.1) is 6.92 Å². The maximum Gasteiger partial charge on any atom is 0.188 e. The Labute approximate surface area is 78.3 Å². The number of hydrogen-bond acceptors (Lipinski definition) is 1. The third-order valence-corrected chi connectivity index (χ3v) is 1.85. The minimum atomic E-state index is 0.493. The van der Waals surface area contributed by atoms with Gasteiger partial charge in [-0.3, -0.25) is 4.99 Å². The maximum absolute atomic E-state index is 5.47. The quantitative estimate of drug-likeness (QED) is 0.465. The SMILES string of the molecule is CN=C(N)NCCc1c[nH]c(C)c1. The van der Waals surface area contributed by atoms with Gasteiger partial charge in [0.25, 0.3) is 0 Å². The lowest BCUT2D eigenvalue weighted by Crippen LogP contribution is -2.32. The van der Waals surface area contributed by atoms with E-state index in [1.807, 2.05) is 13.1 Å². The lowest BCUT2D eigenvalue weighted by molar-refractivity contribution is 0.857. The van der Waals surface area contributed by atoms with Crippen molar-refractivity contribution in [3.63, 3.8) is 0 Å². The van der Waals surface area contributed by atoms with E-state index in [-0.39, 0.29) is 0 Å². The average molecular weight is 180 g/mol. The summed E-state index contributed by atoms with van der Waals surface area (Å²) in [6, 6.07) is 2.13. The minimum absolute atomic E-state index is 0.493. The van der Waals surface area contributed by atoms with Gasteiger partial charge >= 0.3 is 0 Å². The summed E-state index contributed by atoms with van der Waals surface area (Å²) in [6.07, 6.45) is 2.97. The number of aliphatic imine (C=N–C) groups is 1. The fourth-order valence-electron chi connectivity index (χ4n) is 1.13. The Morgan fingerprint density at radius 3 is 3.00 bits per heavy atom. The van der Waals surface area contributed by atoms with Gasteiger partial charge in [-0.2, -0.15) is 0 Å². The number of hydrogen-bond donors (Lipinski definition) is 3. The number of nitrogens with zero attached hydrogens (tertiary/aromatic N) is 1. The summed E-state index contributed by atoms with van der Waals surface area (Å²) in [5, 5.41) is 3.00. The third-order valence-electron chi connectivity index (χ3n) is 1.85. The molecule has 0 radical (unpaired) electrons. The van der Waals surface area contributed by atoms with Crippen molar-refractivity contribution < 1.29 is 0 Å². The molecule has 1 heterocycles. The van der Waals surface area contributed by atoms with E-state index in [9.17, 15) is 0 Å². The molecule has 0 amide bonds. The van der Waals surface area contributed by atoms with E-state index in [4.69, 9.17) is 5.73 Å². The van der Waals surface area contributed by atoms with E-state index in [0.29, 0.717) is 5.96 Å². The molecule has 0 saturated carbocycles. The molecule has 0 aliphatic carbocycles. The molecule has 0 atom stereocenters. The van der Waals surface area contributed by atoms with E-state index in [1.165, 1.54) is 11.3 Å². The molecule has 4 N–H and O–H groups in total. The highest BCUT2D eigenvalue weighted by Crippen LogP contribution is 2.01. The lowest BCUT2D eigenvalue weighted by atomic mass is 10.2. The van der Waals surface area contributed by atoms with Crippen molar-refractivity contribution in [2.45, 2.75) is 13.3 Å². The molecular weight excluding hydrogens is 164 g/mol. The first-order chi connectivity index (χ1) is 6.22. The number of aryl methyl sites for hydroxylation is 1. The second-order valence-corrected chi connectivity index (χ2v) is 2.98. The normalized spacial score (nSPS) is 11.7. The second-order valence-electron chi connectivity index (χ2n) is 2.98. The van der Waals surface area contributed by atoms with Gasteiger partial charge in [-0.05, 0) is 25.0 Å². The molecule has 1 rings (SSSR count). The predicted molar refractivity (Wildman–Crippen MR) is 54.8 cm³/mol. The predicted octanol–water partition coefficient (Wildman–Crippen LogP) is 0.400. The lowest BCUT2D eigenvalue weighted by Gasteiger charge is -2.02. The van der Waals surface area contributed by atoms with Gasteiger partial charge in [0, 0.05) is 25.5 Å². The molecule has 0 aliphatic rings. The molecule has 1 aromatic heterocycles. The van der Waals surface area contributed by atoms with E-state index < -0.39 is 0 Å². The highest BCUT2D eigenvalue weighted by atomic mass is 15.1. The second kappa shape index (κ2) is 4.54. The Bertz CT molecular complexity index is 288. The Morgan fingerprint density at radius 1 is 1.69 bits per heavy atom. The highest BCUT2D eigenvalue weighted by Gasteiger charge is 1.95. The van der Waals surface area contributed by atoms with E-state index in [2.05, 4.69) is 21.4 Å². The summed E-state index contributed by atoms with van der Waals surface area (Å²) in [5.41, 5.74) is 7.95. The summed E-state index contributed by atoms with van der Waals surface area (Å²) in [5.74, 6) is 0.493. The molecule has 0 saturated heterocycles. The summed E-state index contributed by atoms with van der Waals surface area (Å²) < 4.78 is 0. The average Bonchev–Trinajstić information content (AvgIpc) is 2.51. The summed E-state index contributed by atoms with van der Waals surface area (Å²) in [4.78, 5) is 6.93. The fourth-order valence-corrected chi connectivity index (χ4v) is 1.13. The number of aromatic nitrogens is 1. The molecular formula is C9H16N4. The molecule has 0 aromatic carbocycles. The van der Waals surface area contributed by atoms with Crippen LogP contribution in [0.4, 0.5) is 0 Å². The van der Waals surface area contributed by atoms with Crippen LogP contribution in [0.25, 0.3) is 0 Å². The summed E-state index contributed by atoms with van der Waals surface area (Å²) in [7, 11) is 1.67. The maximum atomic E-state index is 5.47. The van der Waals surface area contributed by atoms with Crippen molar-refractivity contribution in [2.24, 2.45) is 10.7 Å². The first-order valence-corrected chi connectivity index (χ1v) is 4.32. The van der Waals surface area contributed by atoms with Gasteiger partial charge in [-0.1, -0.05) is 0 Å². The Hall–Kier alpha value is -1.45. The Morgan fingerprint density at radius 2 is 2.46 bits per heavy atom. The molecule has 4 heteroatoms. The molecule has 4 nitrogen and oxygen atoms in total. The first-order valence-electron chi connectivity index (χ1n) is 4.32. The first kappa shape index (κ1) is 9.64. The zero-order valence-corrected chi connectivity index (χ0v) is 8.09. The molecule has 72 valence electrons. The number of aromatic amines is 1. The van der Waals surface area contributed by atoms with Crippen LogP contribution in [-0.2, 0) is 6.42 Å². The van der Waals surface area contributed by atoms with E-state index in [0.717, 1.165) is 13.0 Å². The van der Waals surface area contributed by atoms with E-state index >= 15 is 0 Å². The van der Waals surface area contributed by atoms with Crippen molar-refractivity contribution in [1.29, 1.82) is 0 Å². The zero-order valence-electron chi connectivity index (χ0n) is 8.09. The minimum Gasteiger partial charge on any atom is -0.370 e. The van der Waals surface area contributed by atoms with Gasteiger partial charge < -0.3 is 16.0 Å². The topological polar surface area (TPSA) is 66.2 Å². The van der Waals surface area contributed by atoms with Crippen molar-refractivity contribution in [1.82, 2.24) is 10.3 Å². The van der Waals surface area contributed by atoms with Crippen LogP contribution in [-0.4, -0.2) is 24.5 Å². The number of guanidine groups is 1. The van der Waals surface area contributed by atoms with Crippen molar-refractivity contribution >= 4 is 5.96 Å². The van der Waals surface area contributed by atoms with Crippen LogP contribution >= 0.6 is 0 Å². The molecule has 13 heavy (non-hydrogen) atoms. The van der Waals surface area contributed by atoms with Gasteiger partial charge in [0.15, 0.2) is 5.96 Å². The number of rotatable bonds is 3. The van der Waals surface area contributed by atoms with E-state index in [1.54, 1.807) is 7.05 Å². The van der Waals surface area contributed by atoms with Gasteiger partial charge in [0.2, 0.25) is 0 Å². The van der Waals surface area contributed by atoms with Crippen molar-refractivity contribution in [3.05, 3.63) is 23.5 Å². The smallest absolute Gasteiger partial charge is 0.188 e. The Kier molecular flexibility index (Phi) is 3.37. The number of nitrogens with two attached hydrogens (primary N) is 1. The Balaban J connectivity index is 2.28. The van der Waals surface area contributed by atoms with Crippen LogP contribution in [0.1, 0.15) is 11.3 Å². The van der Waals surface area contributed by atoms with Crippen LogP contribution in [0.2, 0.25) is 0 Å². The fraction of sp³-hybridized carbons (Fsp3) is 0.444. The largest absolute Gasteiger partial charge is 0.370 e. The number of H-pyrrole nitrogens is 1. The molecule has 0 fully saturated rings. The van der Waals surface area contributed by atoms with Crippen molar-refractivity contribution in [3.8, 4) is 0 Å². The monoisotopic (exact) mass is 180 g/mol. The standard InChI is InChI=1S/C9H16N4/c1-7-5-8(6-13-7)3-4-12-9(10)11-2/h5-6,13H,3-4H2,1-2H3,(H3,10,11,12). The highest BCUT2D eigenvalue weighted by molar-refractivity contribution is 5.77. The van der Waals surface area contributed by atoms with Crippen LogP contribution in [0.3, 0.4) is 0 Å². The van der Waals surface area contributed by atoms with Gasteiger partial charge in [-0.15, -0.1) is 0 Å². The number of nitrogens with one attached hydrogen (secondary N) is 2. The van der Waals surface area contributed by atoms with Gasteiger partial charge in [0.1, 0.15) is 0 Å². The summed E-state index contributed by atoms with van der Waals surface area (Å²) >= 11 is 0. The zero-order chi connectivity index (χ0) is 9.68. The van der Waals surface area contributed by atoms with Crippen LogP contribution in [0.5, 0.6) is 0 Å². The van der Waals surface area contributed by atoms with Gasteiger partial charge in [0.05, 0.1) is 0 Å². The summed E-state index contributed by atoms with van der Waals surface area (Å²) in [6.45, 7) is 2.86. The molecule has 1 aromatic rings.